The Morgan fingerprint density at radius 3 is 2.64 bits per heavy atom. The van der Waals surface area contributed by atoms with E-state index in [-0.39, 0.29) is 22.5 Å². The molecule has 0 aromatic heterocycles. The Morgan fingerprint density at radius 2 is 2.09 bits per heavy atom. The average molecular weight is 347 g/mol. The first-order chi connectivity index (χ1) is 10.3. The van der Waals surface area contributed by atoms with Gasteiger partial charge in [-0.1, -0.05) is 11.6 Å². The molecule has 1 heterocycles. The van der Waals surface area contributed by atoms with Gasteiger partial charge in [-0.2, -0.15) is 4.31 Å². The van der Waals surface area contributed by atoms with Gasteiger partial charge in [-0.25, -0.2) is 8.42 Å². The Balaban J connectivity index is 2.36. The van der Waals surface area contributed by atoms with Gasteiger partial charge in [-0.05, 0) is 38.0 Å². The third-order valence-electron chi connectivity index (χ3n) is 3.96. The van der Waals surface area contributed by atoms with Crippen molar-refractivity contribution in [2.45, 2.75) is 30.7 Å². The molecule has 2 rings (SSSR count). The minimum atomic E-state index is -3.74. The van der Waals surface area contributed by atoms with Crippen LogP contribution in [0.5, 0.6) is 5.75 Å². The SMILES string of the molecule is COc1ccc(S(=O)(=O)N2CC(C(N)=O)CCC2C)cc1Cl. The molecule has 1 aromatic rings. The maximum absolute atomic E-state index is 12.8. The summed E-state index contributed by atoms with van der Waals surface area (Å²) in [5, 5.41) is 0.222. The van der Waals surface area contributed by atoms with Crippen molar-refractivity contribution in [3.05, 3.63) is 23.2 Å². The van der Waals surface area contributed by atoms with Crippen molar-refractivity contribution in [3.63, 3.8) is 0 Å². The summed E-state index contributed by atoms with van der Waals surface area (Å²) in [5.74, 6) is -0.526. The van der Waals surface area contributed by atoms with Crippen LogP contribution in [0.2, 0.25) is 5.02 Å². The molecule has 2 N–H and O–H groups in total. The molecule has 1 saturated heterocycles. The van der Waals surface area contributed by atoms with Gasteiger partial charge >= 0.3 is 0 Å². The summed E-state index contributed by atoms with van der Waals surface area (Å²) >= 11 is 6.01. The molecule has 0 aliphatic carbocycles. The quantitative estimate of drug-likeness (QED) is 0.897. The number of carbonyl (C=O) groups is 1. The Bertz CT molecular complexity index is 677. The largest absolute Gasteiger partial charge is 0.495 e. The molecule has 0 radical (unpaired) electrons. The second-order valence-electron chi connectivity index (χ2n) is 5.40. The van der Waals surface area contributed by atoms with Gasteiger partial charge in [0.1, 0.15) is 5.75 Å². The lowest BCUT2D eigenvalue weighted by Crippen LogP contribution is -2.48. The van der Waals surface area contributed by atoms with Gasteiger partial charge in [0.15, 0.2) is 0 Å². The molecule has 0 saturated carbocycles. The molecule has 2 atom stereocenters. The number of primary amides is 1. The smallest absolute Gasteiger partial charge is 0.243 e. The summed E-state index contributed by atoms with van der Waals surface area (Å²) in [5.41, 5.74) is 5.32. The maximum Gasteiger partial charge on any atom is 0.243 e. The van der Waals surface area contributed by atoms with Crippen molar-refractivity contribution >= 4 is 27.5 Å². The number of hydrogen-bond acceptors (Lipinski definition) is 4. The molecule has 0 spiro atoms. The van der Waals surface area contributed by atoms with E-state index in [0.29, 0.717) is 18.6 Å². The molecule has 22 heavy (non-hydrogen) atoms. The van der Waals surface area contributed by atoms with Gasteiger partial charge in [0.05, 0.1) is 22.9 Å². The Labute approximate surface area is 135 Å². The first-order valence-corrected chi connectivity index (χ1v) is 8.74. The van der Waals surface area contributed by atoms with Crippen LogP contribution in [0.15, 0.2) is 23.1 Å². The van der Waals surface area contributed by atoms with Crippen molar-refractivity contribution in [2.24, 2.45) is 11.7 Å². The van der Waals surface area contributed by atoms with E-state index in [0.717, 1.165) is 0 Å². The lowest BCUT2D eigenvalue weighted by molar-refractivity contribution is -0.123. The summed E-state index contributed by atoms with van der Waals surface area (Å²) in [6.07, 6.45) is 1.20. The minimum Gasteiger partial charge on any atom is -0.495 e. The fourth-order valence-electron chi connectivity index (χ4n) is 2.59. The van der Waals surface area contributed by atoms with Crippen molar-refractivity contribution in [3.8, 4) is 5.75 Å². The first kappa shape index (κ1) is 17.1. The van der Waals surface area contributed by atoms with Crippen molar-refractivity contribution in [1.29, 1.82) is 0 Å². The van der Waals surface area contributed by atoms with Crippen LogP contribution in [0.4, 0.5) is 0 Å². The third-order valence-corrected chi connectivity index (χ3v) is 6.23. The van der Waals surface area contributed by atoms with E-state index >= 15 is 0 Å². The number of methoxy groups -OCH3 is 1. The fourth-order valence-corrected chi connectivity index (χ4v) is 4.64. The summed E-state index contributed by atoms with van der Waals surface area (Å²) in [7, 11) is -2.28. The number of nitrogens with zero attached hydrogens (tertiary/aromatic N) is 1. The van der Waals surface area contributed by atoms with E-state index in [2.05, 4.69) is 0 Å². The predicted molar refractivity (Wildman–Crippen MR) is 83.3 cm³/mol. The Morgan fingerprint density at radius 1 is 1.41 bits per heavy atom. The van der Waals surface area contributed by atoms with Crippen molar-refractivity contribution in [2.75, 3.05) is 13.7 Å². The molecular weight excluding hydrogens is 328 g/mol. The molecule has 1 aliphatic heterocycles. The molecule has 122 valence electrons. The topological polar surface area (TPSA) is 89.7 Å². The highest BCUT2D eigenvalue weighted by Crippen LogP contribution is 2.32. The second-order valence-corrected chi connectivity index (χ2v) is 7.69. The van der Waals surface area contributed by atoms with E-state index in [9.17, 15) is 13.2 Å². The van der Waals surface area contributed by atoms with Gasteiger partial charge in [-0.15, -0.1) is 0 Å². The van der Waals surface area contributed by atoms with Crippen LogP contribution >= 0.6 is 11.6 Å². The second kappa shape index (κ2) is 6.44. The van der Waals surface area contributed by atoms with Crippen molar-refractivity contribution < 1.29 is 17.9 Å². The monoisotopic (exact) mass is 346 g/mol. The lowest BCUT2D eigenvalue weighted by atomic mass is 9.95. The average Bonchev–Trinajstić information content (AvgIpc) is 2.47. The zero-order valence-corrected chi connectivity index (χ0v) is 14.0. The number of sulfonamides is 1. The van der Waals surface area contributed by atoms with E-state index < -0.39 is 21.8 Å². The lowest BCUT2D eigenvalue weighted by Gasteiger charge is -2.35. The Hall–Kier alpha value is -1.31. The van der Waals surface area contributed by atoms with Gasteiger partial charge in [0, 0.05) is 12.6 Å². The number of amides is 1. The van der Waals surface area contributed by atoms with E-state index in [1.165, 1.54) is 29.6 Å². The fraction of sp³-hybridized carbons (Fsp3) is 0.500. The number of rotatable bonds is 4. The van der Waals surface area contributed by atoms with E-state index in [1.54, 1.807) is 0 Å². The molecule has 6 nitrogen and oxygen atoms in total. The summed E-state index contributed by atoms with van der Waals surface area (Å²) in [6, 6.07) is 4.12. The number of hydrogen-bond donors (Lipinski definition) is 1. The van der Waals surface area contributed by atoms with Crippen LogP contribution in [-0.2, 0) is 14.8 Å². The van der Waals surface area contributed by atoms with Crippen LogP contribution in [0.1, 0.15) is 19.8 Å². The molecule has 0 bridgehead atoms. The molecule has 8 heteroatoms. The normalized spacial score (nSPS) is 23.2. The van der Waals surface area contributed by atoms with Crippen molar-refractivity contribution in [1.82, 2.24) is 4.31 Å². The van der Waals surface area contributed by atoms with Gasteiger partial charge in [0.25, 0.3) is 0 Å². The van der Waals surface area contributed by atoms with Crippen LogP contribution < -0.4 is 10.5 Å². The number of nitrogens with two attached hydrogens (primary N) is 1. The highest BCUT2D eigenvalue weighted by atomic mass is 35.5. The van der Waals surface area contributed by atoms with Gasteiger partial charge in [0.2, 0.25) is 15.9 Å². The molecule has 1 fully saturated rings. The highest BCUT2D eigenvalue weighted by molar-refractivity contribution is 7.89. The summed E-state index contributed by atoms with van der Waals surface area (Å²) < 4.78 is 31.9. The van der Waals surface area contributed by atoms with Gasteiger partial charge in [-0.3, -0.25) is 4.79 Å². The molecule has 1 aromatic carbocycles. The number of benzene rings is 1. The summed E-state index contributed by atoms with van der Waals surface area (Å²) in [4.78, 5) is 11.4. The van der Waals surface area contributed by atoms with Gasteiger partial charge < -0.3 is 10.5 Å². The van der Waals surface area contributed by atoms with Crippen LogP contribution in [0.25, 0.3) is 0 Å². The molecule has 1 amide bonds. The predicted octanol–water partition coefficient (Wildman–Crippen LogP) is 1.62. The van der Waals surface area contributed by atoms with E-state index in [1.807, 2.05) is 6.92 Å². The number of piperidine rings is 1. The number of carbonyl (C=O) groups excluding carboxylic acids is 1. The van der Waals surface area contributed by atoms with E-state index in [4.69, 9.17) is 22.1 Å². The molecular formula is C14H19ClN2O4S. The zero-order chi connectivity index (χ0) is 16.5. The van der Waals surface area contributed by atoms with Crippen LogP contribution in [-0.4, -0.2) is 38.3 Å². The minimum absolute atomic E-state index is 0.0790. The zero-order valence-electron chi connectivity index (χ0n) is 12.5. The first-order valence-electron chi connectivity index (χ1n) is 6.92. The van der Waals surface area contributed by atoms with Crippen LogP contribution in [0, 0.1) is 5.92 Å². The Kier molecular flexibility index (Phi) is 4.99. The molecule has 2 unspecified atom stereocenters. The van der Waals surface area contributed by atoms with Crippen LogP contribution in [0.3, 0.4) is 0 Å². The number of halogens is 1. The third kappa shape index (κ3) is 3.21. The maximum atomic E-state index is 12.8. The highest BCUT2D eigenvalue weighted by Gasteiger charge is 2.36. The summed E-state index contributed by atoms with van der Waals surface area (Å²) in [6.45, 7) is 1.92. The standard InChI is InChI=1S/C14H19ClN2O4S/c1-9-3-4-10(14(16)18)8-17(9)22(19,20)11-5-6-13(21-2)12(15)7-11/h5-7,9-10H,3-4,8H2,1-2H3,(H2,16,18). The number of ether oxygens (including phenoxy) is 1. The molecule has 1 aliphatic rings.